The van der Waals surface area contributed by atoms with E-state index in [1.54, 1.807) is 12.1 Å². The lowest BCUT2D eigenvalue weighted by molar-refractivity contribution is 0.340. The fourth-order valence-electron chi connectivity index (χ4n) is 1.53. The molecule has 19 heavy (non-hydrogen) atoms. The fraction of sp³-hybridized carbons (Fsp3) is 0.125. The van der Waals surface area contributed by atoms with Gasteiger partial charge in [-0.1, -0.05) is 27.8 Å². The van der Waals surface area contributed by atoms with Crippen LogP contribution in [0.2, 0.25) is 0 Å². The van der Waals surface area contributed by atoms with Gasteiger partial charge in [-0.05, 0) is 49.4 Å². The van der Waals surface area contributed by atoms with Crippen LogP contribution in [0.1, 0.15) is 18.1 Å². The second-order valence-electron chi connectivity index (χ2n) is 3.83. The molecule has 3 heteroatoms. The molecule has 0 radical (unpaired) electrons. The first-order valence-corrected chi connectivity index (χ1v) is 6.68. The summed E-state index contributed by atoms with van der Waals surface area (Å²) in [5, 5.41) is 0. The van der Waals surface area contributed by atoms with Crippen molar-refractivity contribution in [1.82, 2.24) is 0 Å². The zero-order valence-corrected chi connectivity index (χ0v) is 12.0. The van der Waals surface area contributed by atoms with Gasteiger partial charge in [-0.3, -0.25) is 0 Å². The van der Waals surface area contributed by atoms with Crippen LogP contribution in [0.25, 0.3) is 0 Å². The third-order valence-corrected chi connectivity index (χ3v) is 2.93. The van der Waals surface area contributed by atoms with E-state index < -0.39 is 0 Å². The van der Waals surface area contributed by atoms with Gasteiger partial charge in [0.15, 0.2) is 0 Å². The highest BCUT2D eigenvalue weighted by Crippen LogP contribution is 2.15. The summed E-state index contributed by atoms with van der Waals surface area (Å²) in [4.78, 5) is 0. The number of hydrogen-bond acceptors (Lipinski definition) is 1. The van der Waals surface area contributed by atoms with E-state index >= 15 is 0 Å². The van der Waals surface area contributed by atoms with Crippen LogP contribution in [0, 0.1) is 17.7 Å². The Kier molecular flexibility index (Phi) is 4.59. The van der Waals surface area contributed by atoms with E-state index in [2.05, 4.69) is 27.8 Å². The van der Waals surface area contributed by atoms with Crippen molar-refractivity contribution in [2.24, 2.45) is 0 Å². The third kappa shape index (κ3) is 3.84. The Morgan fingerprint density at radius 3 is 2.47 bits per heavy atom. The topological polar surface area (TPSA) is 9.23 Å². The van der Waals surface area contributed by atoms with E-state index in [1.165, 1.54) is 6.07 Å². The number of rotatable bonds is 2. The van der Waals surface area contributed by atoms with Gasteiger partial charge in [0.25, 0.3) is 0 Å². The van der Waals surface area contributed by atoms with E-state index in [4.69, 9.17) is 4.74 Å². The lowest BCUT2D eigenvalue weighted by Crippen LogP contribution is -1.90. The monoisotopic (exact) mass is 318 g/mol. The van der Waals surface area contributed by atoms with Gasteiger partial charge in [0.05, 0.1) is 12.2 Å². The van der Waals surface area contributed by atoms with Crippen molar-refractivity contribution in [2.75, 3.05) is 6.61 Å². The number of hydrogen-bond donors (Lipinski definition) is 0. The summed E-state index contributed by atoms with van der Waals surface area (Å²) in [5.41, 5.74) is 1.21. The zero-order chi connectivity index (χ0) is 13.7. The first kappa shape index (κ1) is 13.6. The molecule has 0 bridgehead atoms. The SMILES string of the molecule is CCOc1ccc(C#Cc2ccc(Br)cc2F)cc1. The normalized spacial score (nSPS) is 9.63. The summed E-state index contributed by atoms with van der Waals surface area (Å²) in [5.74, 6) is 6.23. The molecule has 0 amide bonds. The van der Waals surface area contributed by atoms with E-state index in [1.807, 2.05) is 31.2 Å². The van der Waals surface area contributed by atoms with Gasteiger partial charge in [0, 0.05) is 10.0 Å². The molecule has 96 valence electrons. The summed E-state index contributed by atoms with van der Waals surface area (Å²) in [6.45, 7) is 2.57. The van der Waals surface area contributed by atoms with Crippen LogP contribution in [0.4, 0.5) is 4.39 Å². The minimum Gasteiger partial charge on any atom is -0.494 e. The van der Waals surface area contributed by atoms with Gasteiger partial charge in [0.1, 0.15) is 11.6 Å². The lowest BCUT2D eigenvalue weighted by Gasteiger charge is -2.01. The molecule has 0 unspecified atom stereocenters. The quantitative estimate of drug-likeness (QED) is 0.746. The molecular weight excluding hydrogens is 307 g/mol. The summed E-state index contributed by atoms with van der Waals surface area (Å²) in [6.07, 6.45) is 0. The molecular formula is C16H12BrFO. The fourth-order valence-corrected chi connectivity index (χ4v) is 1.86. The molecule has 0 heterocycles. The second kappa shape index (κ2) is 6.40. The van der Waals surface area contributed by atoms with Crippen LogP contribution in [-0.2, 0) is 0 Å². The van der Waals surface area contributed by atoms with Gasteiger partial charge in [-0.2, -0.15) is 0 Å². The summed E-state index contributed by atoms with van der Waals surface area (Å²) in [6, 6.07) is 12.2. The van der Waals surface area contributed by atoms with E-state index in [9.17, 15) is 4.39 Å². The molecule has 0 aliphatic rings. The third-order valence-electron chi connectivity index (χ3n) is 2.44. The predicted molar refractivity (Wildman–Crippen MR) is 77.7 cm³/mol. The van der Waals surface area contributed by atoms with Crippen molar-refractivity contribution in [2.45, 2.75) is 6.92 Å². The van der Waals surface area contributed by atoms with Crippen molar-refractivity contribution < 1.29 is 9.13 Å². The Labute approximate surface area is 120 Å². The van der Waals surface area contributed by atoms with Crippen molar-refractivity contribution in [3.8, 4) is 17.6 Å². The molecule has 0 aliphatic carbocycles. The lowest BCUT2D eigenvalue weighted by atomic mass is 10.1. The molecule has 2 rings (SSSR count). The van der Waals surface area contributed by atoms with Crippen LogP contribution in [0.15, 0.2) is 46.9 Å². The van der Waals surface area contributed by atoms with Crippen LogP contribution in [0.3, 0.4) is 0 Å². The smallest absolute Gasteiger partial charge is 0.139 e. The number of benzene rings is 2. The first-order valence-electron chi connectivity index (χ1n) is 5.89. The van der Waals surface area contributed by atoms with Gasteiger partial charge in [-0.15, -0.1) is 0 Å². The van der Waals surface area contributed by atoms with Crippen molar-refractivity contribution in [1.29, 1.82) is 0 Å². The van der Waals surface area contributed by atoms with Crippen molar-refractivity contribution >= 4 is 15.9 Å². The van der Waals surface area contributed by atoms with Crippen LogP contribution in [0.5, 0.6) is 5.75 Å². The molecule has 0 aromatic heterocycles. The maximum atomic E-state index is 13.6. The summed E-state index contributed by atoms with van der Waals surface area (Å²) < 4.78 is 19.6. The number of halogens is 2. The van der Waals surface area contributed by atoms with Crippen LogP contribution >= 0.6 is 15.9 Å². The van der Waals surface area contributed by atoms with Gasteiger partial charge < -0.3 is 4.74 Å². The standard InChI is InChI=1S/C16H12BrFO/c1-2-19-15-9-4-12(5-10-15)3-6-13-7-8-14(17)11-16(13)18/h4-5,7-11H,2H2,1H3. The molecule has 0 N–H and O–H groups in total. The highest BCUT2D eigenvalue weighted by molar-refractivity contribution is 9.10. The molecule has 2 aromatic rings. The van der Waals surface area contributed by atoms with Gasteiger partial charge in [0.2, 0.25) is 0 Å². The number of ether oxygens (including phenoxy) is 1. The molecule has 0 aliphatic heterocycles. The van der Waals surface area contributed by atoms with E-state index in [0.29, 0.717) is 16.6 Å². The Morgan fingerprint density at radius 1 is 1.11 bits per heavy atom. The largest absolute Gasteiger partial charge is 0.494 e. The van der Waals surface area contributed by atoms with E-state index in [0.717, 1.165) is 11.3 Å². The molecule has 0 saturated heterocycles. The highest BCUT2D eigenvalue weighted by Gasteiger charge is 1.99. The Morgan fingerprint density at radius 2 is 1.84 bits per heavy atom. The predicted octanol–water partition coefficient (Wildman–Crippen LogP) is 4.39. The highest BCUT2D eigenvalue weighted by atomic mass is 79.9. The first-order chi connectivity index (χ1) is 9.19. The maximum Gasteiger partial charge on any atom is 0.139 e. The Balaban J connectivity index is 2.19. The minimum atomic E-state index is -0.326. The average molecular weight is 319 g/mol. The van der Waals surface area contributed by atoms with E-state index in [-0.39, 0.29) is 5.82 Å². The minimum absolute atomic E-state index is 0.326. The molecule has 0 atom stereocenters. The molecule has 0 spiro atoms. The molecule has 2 aromatic carbocycles. The van der Waals surface area contributed by atoms with Crippen LogP contribution in [-0.4, -0.2) is 6.61 Å². The van der Waals surface area contributed by atoms with Gasteiger partial charge >= 0.3 is 0 Å². The molecule has 1 nitrogen and oxygen atoms in total. The van der Waals surface area contributed by atoms with Crippen LogP contribution < -0.4 is 4.74 Å². The Hall–Kier alpha value is -1.79. The van der Waals surface area contributed by atoms with Crippen molar-refractivity contribution in [3.05, 3.63) is 63.9 Å². The zero-order valence-electron chi connectivity index (χ0n) is 10.4. The van der Waals surface area contributed by atoms with Gasteiger partial charge in [-0.25, -0.2) is 4.39 Å². The summed E-state index contributed by atoms with van der Waals surface area (Å²) >= 11 is 3.21. The maximum absolute atomic E-state index is 13.6. The molecule has 0 fully saturated rings. The Bertz CT molecular complexity index is 623. The molecule has 0 saturated carbocycles. The second-order valence-corrected chi connectivity index (χ2v) is 4.75. The average Bonchev–Trinajstić information content (AvgIpc) is 2.40. The van der Waals surface area contributed by atoms with Crippen molar-refractivity contribution in [3.63, 3.8) is 0 Å². The summed E-state index contributed by atoms with van der Waals surface area (Å²) in [7, 11) is 0.